The molecule has 0 radical (unpaired) electrons. The summed E-state index contributed by atoms with van der Waals surface area (Å²) in [6.45, 7) is 18.1. The highest BCUT2D eigenvalue weighted by Gasteiger charge is 2.37. The summed E-state index contributed by atoms with van der Waals surface area (Å²) >= 11 is 12.6. The summed E-state index contributed by atoms with van der Waals surface area (Å²) in [4.78, 5) is 25.5. The molecule has 3 aromatic rings. The molecule has 1 aliphatic heterocycles. The van der Waals surface area contributed by atoms with Crippen LogP contribution in [0.25, 0.3) is 11.3 Å². The van der Waals surface area contributed by atoms with Crippen molar-refractivity contribution in [3.05, 3.63) is 69.6 Å². The number of carbonyl (C=O) groups excluding carboxylic acids is 1. The number of aromatic nitrogens is 2. The molecular weight excluding hydrogens is 597 g/mol. The molecule has 0 amide bonds. The number of esters is 1. The Morgan fingerprint density at radius 2 is 1.68 bits per heavy atom. The summed E-state index contributed by atoms with van der Waals surface area (Å²) in [5.74, 6) is 0.207. The molecule has 1 saturated heterocycles. The molecule has 238 valence electrons. The fraction of sp³-hybridized carbons (Fsp3) is 0.514. The van der Waals surface area contributed by atoms with Gasteiger partial charge in [0.2, 0.25) is 0 Å². The Bertz CT molecular complexity index is 1420. The van der Waals surface area contributed by atoms with Crippen molar-refractivity contribution in [2.75, 3.05) is 24.6 Å². The largest absolute Gasteiger partial charge is 0.492 e. The van der Waals surface area contributed by atoms with Crippen molar-refractivity contribution in [2.45, 2.75) is 92.5 Å². The van der Waals surface area contributed by atoms with Crippen LogP contribution in [0.2, 0.25) is 10.0 Å². The van der Waals surface area contributed by atoms with Gasteiger partial charge in [-0.3, -0.25) is 9.97 Å². The number of aryl methyl sites for hydroxylation is 1. The van der Waals surface area contributed by atoms with Crippen molar-refractivity contribution in [2.24, 2.45) is 5.41 Å². The first-order chi connectivity index (χ1) is 20.6. The highest BCUT2D eigenvalue weighted by molar-refractivity contribution is 6.36. The van der Waals surface area contributed by atoms with E-state index in [9.17, 15) is 4.79 Å². The first-order valence-corrected chi connectivity index (χ1v) is 16.1. The van der Waals surface area contributed by atoms with Crippen molar-refractivity contribution >= 4 is 34.9 Å². The molecule has 0 aliphatic carbocycles. The predicted octanol–water partition coefficient (Wildman–Crippen LogP) is 8.81. The van der Waals surface area contributed by atoms with E-state index < -0.39 is 17.7 Å². The maximum absolute atomic E-state index is 13.6. The zero-order chi connectivity index (χ0) is 32.2. The molecule has 4 rings (SSSR count). The average molecular weight is 643 g/mol. The molecule has 1 atom stereocenters. The maximum atomic E-state index is 13.6. The SMILES string of the molecule is Cc1ncc(-c2ccc(OCCc3c(Cl)cccc3Cl)cn2)c(N2CCC(C)(C)CC2)c1[C@H](OC(C)(C)C)C(=O)OC(C)C. The van der Waals surface area contributed by atoms with Gasteiger partial charge in [0.05, 0.1) is 35.9 Å². The van der Waals surface area contributed by atoms with E-state index in [1.54, 1.807) is 6.20 Å². The van der Waals surface area contributed by atoms with E-state index in [-0.39, 0.29) is 11.5 Å². The second-order valence-electron chi connectivity index (χ2n) is 13.4. The van der Waals surface area contributed by atoms with Crippen LogP contribution in [-0.4, -0.2) is 47.3 Å². The summed E-state index contributed by atoms with van der Waals surface area (Å²) in [5.41, 5.74) is 4.42. The molecule has 2 aromatic heterocycles. The fourth-order valence-corrected chi connectivity index (χ4v) is 5.91. The summed E-state index contributed by atoms with van der Waals surface area (Å²) in [6.07, 6.45) is 4.93. The molecular formula is C35H45Cl2N3O4. The predicted molar refractivity (Wildman–Crippen MR) is 178 cm³/mol. The lowest BCUT2D eigenvalue weighted by molar-refractivity contribution is -0.171. The number of halogens is 2. The minimum Gasteiger partial charge on any atom is -0.492 e. The van der Waals surface area contributed by atoms with Crippen LogP contribution in [0.4, 0.5) is 5.69 Å². The molecule has 7 nitrogen and oxygen atoms in total. The van der Waals surface area contributed by atoms with Crippen LogP contribution in [-0.2, 0) is 20.7 Å². The van der Waals surface area contributed by atoms with Gasteiger partial charge in [0.15, 0.2) is 6.10 Å². The van der Waals surface area contributed by atoms with Gasteiger partial charge in [-0.1, -0.05) is 43.1 Å². The molecule has 1 aromatic carbocycles. The molecule has 0 spiro atoms. The highest BCUT2D eigenvalue weighted by atomic mass is 35.5. The number of carbonyl (C=O) groups is 1. The molecule has 3 heterocycles. The van der Waals surface area contributed by atoms with Gasteiger partial charge in [-0.05, 0) is 89.6 Å². The molecule has 1 fully saturated rings. The Labute approximate surface area is 272 Å². The highest BCUT2D eigenvalue weighted by Crippen LogP contribution is 2.43. The van der Waals surface area contributed by atoms with Crippen molar-refractivity contribution in [1.29, 1.82) is 0 Å². The molecule has 0 saturated carbocycles. The van der Waals surface area contributed by atoms with Crippen LogP contribution in [0.3, 0.4) is 0 Å². The Kier molecular flexibility index (Phi) is 10.9. The van der Waals surface area contributed by atoms with Crippen LogP contribution in [0, 0.1) is 12.3 Å². The first kappa shape index (κ1) is 34.0. The monoisotopic (exact) mass is 641 g/mol. The summed E-state index contributed by atoms with van der Waals surface area (Å²) in [7, 11) is 0. The van der Waals surface area contributed by atoms with Gasteiger partial charge >= 0.3 is 5.97 Å². The first-order valence-electron chi connectivity index (χ1n) is 15.3. The van der Waals surface area contributed by atoms with Gasteiger partial charge in [0, 0.05) is 52.6 Å². The lowest BCUT2D eigenvalue weighted by Gasteiger charge is -2.41. The van der Waals surface area contributed by atoms with Crippen LogP contribution >= 0.6 is 23.2 Å². The summed E-state index contributed by atoms with van der Waals surface area (Å²) in [5, 5.41) is 1.24. The smallest absolute Gasteiger partial charge is 0.340 e. The Hall–Kier alpha value is -2.87. The quantitative estimate of drug-likeness (QED) is 0.205. The third-order valence-corrected chi connectivity index (χ3v) is 8.42. The number of benzene rings is 1. The van der Waals surface area contributed by atoms with Crippen molar-refractivity contribution in [1.82, 2.24) is 9.97 Å². The minimum absolute atomic E-state index is 0.238. The Morgan fingerprint density at radius 1 is 1.02 bits per heavy atom. The fourth-order valence-electron chi connectivity index (χ4n) is 5.33. The zero-order valence-corrected chi connectivity index (χ0v) is 28.7. The van der Waals surface area contributed by atoms with Gasteiger partial charge in [-0.2, -0.15) is 0 Å². The zero-order valence-electron chi connectivity index (χ0n) is 27.2. The summed E-state index contributed by atoms with van der Waals surface area (Å²) < 4.78 is 18.2. The van der Waals surface area contributed by atoms with Crippen LogP contribution < -0.4 is 9.64 Å². The standard InChI is InChI=1S/C35H45Cl2N3O4/c1-22(2)43-33(41)32(44-34(4,5)6)30-23(3)38-21-26(31(30)40-17-15-35(7,8)16-18-40)29-13-12-24(20-39-29)42-19-14-25-27(36)10-9-11-28(25)37/h9-13,20-22,32H,14-19H2,1-8H3/t32-/m0/s1. The third kappa shape index (κ3) is 8.64. The molecule has 44 heavy (non-hydrogen) atoms. The molecule has 1 aliphatic rings. The van der Waals surface area contributed by atoms with E-state index in [1.165, 1.54) is 0 Å². The van der Waals surface area contributed by atoms with E-state index in [2.05, 4.69) is 18.7 Å². The number of ether oxygens (including phenoxy) is 3. The van der Waals surface area contributed by atoms with Crippen LogP contribution in [0.15, 0.2) is 42.7 Å². The van der Waals surface area contributed by atoms with E-state index in [1.807, 2.05) is 78.1 Å². The van der Waals surface area contributed by atoms with Crippen molar-refractivity contribution in [3.63, 3.8) is 0 Å². The normalized spacial score (nSPS) is 15.8. The number of hydrogen-bond donors (Lipinski definition) is 0. The summed E-state index contributed by atoms with van der Waals surface area (Å²) in [6, 6.07) is 9.30. The van der Waals surface area contributed by atoms with Crippen LogP contribution in [0.5, 0.6) is 5.75 Å². The van der Waals surface area contributed by atoms with Crippen molar-refractivity contribution in [3.8, 4) is 17.0 Å². The van der Waals surface area contributed by atoms with E-state index in [0.29, 0.717) is 28.8 Å². The number of nitrogens with zero attached hydrogens (tertiary/aromatic N) is 3. The average Bonchev–Trinajstić information content (AvgIpc) is 2.93. The topological polar surface area (TPSA) is 73.8 Å². The Morgan fingerprint density at radius 3 is 2.25 bits per heavy atom. The minimum atomic E-state index is -0.950. The number of rotatable bonds is 10. The van der Waals surface area contributed by atoms with E-state index in [0.717, 1.165) is 59.7 Å². The molecule has 0 N–H and O–H groups in total. The second kappa shape index (κ2) is 14.1. The van der Waals surface area contributed by atoms with E-state index in [4.69, 9.17) is 47.4 Å². The number of hydrogen-bond acceptors (Lipinski definition) is 7. The van der Waals surface area contributed by atoms with Gasteiger partial charge < -0.3 is 19.1 Å². The second-order valence-corrected chi connectivity index (χ2v) is 14.3. The van der Waals surface area contributed by atoms with Gasteiger partial charge in [0.25, 0.3) is 0 Å². The molecule has 9 heteroatoms. The van der Waals surface area contributed by atoms with Gasteiger partial charge in [-0.15, -0.1) is 0 Å². The maximum Gasteiger partial charge on any atom is 0.340 e. The lowest BCUT2D eigenvalue weighted by atomic mass is 9.82. The Balaban J connectivity index is 1.71. The molecule has 0 unspecified atom stereocenters. The number of anilines is 1. The van der Waals surface area contributed by atoms with Crippen LogP contribution in [0.1, 0.15) is 84.2 Å². The lowest BCUT2D eigenvalue weighted by Crippen LogP contribution is -2.39. The van der Waals surface area contributed by atoms with Crippen molar-refractivity contribution < 1.29 is 19.0 Å². The molecule has 0 bridgehead atoms. The van der Waals surface area contributed by atoms with Gasteiger partial charge in [-0.25, -0.2) is 4.79 Å². The van der Waals surface area contributed by atoms with Gasteiger partial charge in [0.1, 0.15) is 5.75 Å². The number of piperidine rings is 1. The number of pyridine rings is 2. The third-order valence-electron chi connectivity index (χ3n) is 7.71. The van der Waals surface area contributed by atoms with E-state index >= 15 is 0 Å².